The molecule has 0 bridgehead atoms. The Labute approximate surface area is 210 Å². The van der Waals surface area contributed by atoms with Gasteiger partial charge in [-0.05, 0) is 29.5 Å². The number of hydrazone groups is 1. The van der Waals surface area contributed by atoms with E-state index < -0.39 is 0 Å². The van der Waals surface area contributed by atoms with Gasteiger partial charge in [-0.25, -0.2) is 0 Å². The van der Waals surface area contributed by atoms with Crippen molar-refractivity contribution in [3.8, 4) is 0 Å². The fraction of sp³-hybridized carbons (Fsp3) is 0.367. The Bertz CT molecular complexity index is 956. The molecule has 2 atom stereocenters. The van der Waals surface area contributed by atoms with Gasteiger partial charge in [0.25, 0.3) is 0 Å². The van der Waals surface area contributed by atoms with Crippen molar-refractivity contribution in [1.29, 1.82) is 0 Å². The molecule has 1 aliphatic heterocycles. The van der Waals surface area contributed by atoms with Gasteiger partial charge < -0.3 is 9.47 Å². The van der Waals surface area contributed by atoms with E-state index in [9.17, 15) is 0 Å². The Balaban J connectivity index is 1.54. The predicted molar refractivity (Wildman–Crippen MR) is 142 cm³/mol. The van der Waals surface area contributed by atoms with E-state index in [0.717, 1.165) is 32.5 Å². The number of methoxy groups -OCH3 is 1. The van der Waals surface area contributed by atoms with Gasteiger partial charge in [0.05, 0.1) is 31.9 Å². The molecule has 1 fully saturated rings. The third-order valence-electron chi connectivity index (χ3n) is 6.42. The highest BCUT2D eigenvalue weighted by Crippen LogP contribution is 2.19. The first-order valence-corrected chi connectivity index (χ1v) is 12.5. The molecular formula is C30H37N3O2. The minimum Gasteiger partial charge on any atom is -0.382 e. The highest BCUT2D eigenvalue weighted by Gasteiger charge is 2.24. The van der Waals surface area contributed by atoms with Crippen molar-refractivity contribution in [2.75, 3.05) is 26.9 Å². The number of hydrogen-bond donors (Lipinski definition) is 0. The largest absolute Gasteiger partial charge is 0.382 e. The minimum atomic E-state index is 0.0305. The Morgan fingerprint density at radius 1 is 0.886 bits per heavy atom. The van der Waals surface area contributed by atoms with Crippen molar-refractivity contribution in [2.45, 2.75) is 44.6 Å². The van der Waals surface area contributed by atoms with Crippen LogP contribution in [0.5, 0.6) is 0 Å². The summed E-state index contributed by atoms with van der Waals surface area (Å²) in [6.45, 7) is 4.49. The summed E-state index contributed by atoms with van der Waals surface area (Å²) in [4.78, 5) is 2.46. The van der Waals surface area contributed by atoms with Gasteiger partial charge >= 0.3 is 0 Å². The van der Waals surface area contributed by atoms with Crippen molar-refractivity contribution in [1.82, 2.24) is 9.91 Å². The lowest BCUT2D eigenvalue weighted by molar-refractivity contribution is 0.0682. The SMILES string of the molecule is COC[C@@H]1CCCN1/N=C/[C@H](COCc1ccccc1)N(Cc1ccccc1)Cc1ccccc1. The van der Waals surface area contributed by atoms with Crippen LogP contribution in [0.1, 0.15) is 29.5 Å². The topological polar surface area (TPSA) is 37.3 Å². The standard InChI is InChI=1S/C30H37N3O2/c1-34-24-29-18-11-19-33(29)31-20-30(25-35-23-28-16-9-4-10-17-28)32(21-26-12-5-2-6-13-26)22-27-14-7-3-8-15-27/h2-10,12-17,20,29-30H,11,18-19,21-25H2,1H3/b31-20+/t29-,30+/m0/s1. The van der Waals surface area contributed by atoms with Gasteiger partial charge in [0.2, 0.25) is 0 Å². The van der Waals surface area contributed by atoms with Crippen molar-refractivity contribution in [3.63, 3.8) is 0 Å². The van der Waals surface area contributed by atoms with Crippen molar-refractivity contribution < 1.29 is 9.47 Å². The van der Waals surface area contributed by atoms with Crippen molar-refractivity contribution in [2.24, 2.45) is 5.10 Å². The number of rotatable bonds is 13. The monoisotopic (exact) mass is 471 g/mol. The number of benzene rings is 3. The Morgan fingerprint density at radius 2 is 1.46 bits per heavy atom. The lowest BCUT2D eigenvalue weighted by atomic mass is 10.1. The summed E-state index contributed by atoms with van der Waals surface area (Å²) in [6.07, 6.45) is 4.36. The van der Waals surface area contributed by atoms with Crippen LogP contribution in [0.15, 0.2) is 96.1 Å². The molecule has 0 aliphatic carbocycles. The van der Waals surface area contributed by atoms with Crippen molar-refractivity contribution in [3.05, 3.63) is 108 Å². The zero-order valence-electron chi connectivity index (χ0n) is 20.7. The lowest BCUT2D eigenvalue weighted by Gasteiger charge is -2.30. The maximum atomic E-state index is 6.25. The molecule has 0 saturated carbocycles. The molecule has 184 valence electrons. The second-order valence-electron chi connectivity index (χ2n) is 9.12. The Morgan fingerprint density at radius 3 is 2.03 bits per heavy atom. The van der Waals surface area contributed by atoms with Crippen LogP contribution in [0.25, 0.3) is 0 Å². The van der Waals surface area contributed by atoms with Crippen LogP contribution < -0.4 is 0 Å². The highest BCUT2D eigenvalue weighted by atomic mass is 16.5. The number of nitrogens with zero attached hydrogens (tertiary/aromatic N) is 3. The first kappa shape index (κ1) is 25.1. The van der Waals surface area contributed by atoms with Gasteiger partial charge in [-0.3, -0.25) is 9.91 Å². The van der Waals surface area contributed by atoms with Crippen LogP contribution in [0.2, 0.25) is 0 Å². The molecule has 5 nitrogen and oxygen atoms in total. The second-order valence-corrected chi connectivity index (χ2v) is 9.12. The molecule has 35 heavy (non-hydrogen) atoms. The molecule has 3 aromatic carbocycles. The van der Waals surface area contributed by atoms with Crippen LogP contribution >= 0.6 is 0 Å². The molecular weight excluding hydrogens is 434 g/mol. The van der Waals surface area contributed by atoms with E-state index >= 15 is 0 Å². The van der Waals surface area contributed by atoms with Gasteiger partial charge in [-0.2, -0.15) is 5.10 Å². The summed E-state index contributed by atoms with van der Waals surface area (Å²) >= 11 is 0. The van der Waals surface area contributed by atoms with E-state index in [1.54, 1.807) is 7.11 Å². The zero-order chi connectivity index (χ0) is 24.1. The molecule has 4 rings (SSSR count). The third kappa shape index (κ3) is 8.03. The normalized spacial score (nSPS) is 16.9. The second kappa shape index (κ2) is 13.8. The first-order valence-electron chi connectivity index (χ1n) is 12.5. The molecule has 5 heteroatoms. The predicted octanol–water partition coefficient (Wildman–Crippen LogP) is 5.37. The maximum Gasteiger partial charge on any atom is 0.0717 e. The quantitative estimate of drug-likeness (QED) is 0.314. The first-order chi connectivity index (χ1) is 17.3. The third-order valence-corrected chi connectivity index (χ3v) is 6.42. The molecule has 0 amide bonds. The van der Waals surface area contributed by atoms with Crippen LogP contribution in [0.3, 0.4) is 0 Å². The Hall–Kier alpha value is -2.99. The summed E-state index contributed by atoms with van der Waals surface area (Å²) in [7, 11) is 1.77. The summed E-state index contributed by atoms with van der Waals surface area (Å²) < 4.78 is 11.7. The van der Waals surface area contributed by atoms with Gasteiger partial charge in [0, 0.05) is 33.0 Å². The molecule has 3 aromatic rings. The minimum absolute atomic E-state index is 0.0305. The van der Waals surface area contributed by atoms with Crippen LogP contribution in [-0.2, 0) is 29.2 Å². The molecule has 0 N–H and O–H groups in total. The van der Waals surface area contributed by atoms with E-state index in [1.165, 1.54) is 16.7 Å². The lowest BCUT2D eigenvalue weighted by Crippen LogP contribution is -2.40. The molecule has 0 aromatic heterocycles. The summed E-state index contributed by atoms with van der Waals surface area (Å²) in [5, 5.41) is 7.15. The summed E-state index contributed by atoms with van der Waals surface area (Å²) in [5.74, 6) is 0. The smallest absolute Gasteiger partial charge is 0.0717 e. The van der Waals surface area contributed by atoms with E-state index in [2.05, 4.69) is 101 Å². The summed E-state index contributed by atoms with van der Waals surface area (Å²) in [6, 6.07) is 32.0. The average Bonchev–Trinajstić information content (AvgIpc) is 3.35. The average molecular weight is 472 g/mol. The van der Waals surface area contributed by atoms with Gasteiger partial charge in [-0.1, -0.05) is 91.0 Å². The number of hydrogen-bond acceptors (Lipinski definition) is 5. The van der Waals surface area contributed by atoms with Gasteiger partial charge in [0.1, 0.15) is 0 Å². The fourth-order valence-electron chi connectivity index (χ4n) is 4.54. The zero-order valence-corrected chi connectivity index (χ0v) is 20.7. The molecule has 0 unspecified atom stereocenters. The summed E-state index contributed by atoms with van der Waals surface area (Å²) in [5.41, 5.74) is 3.74. The van der Waals surface area contributed by atoms with Gasteiger partial charge in [-0.15, -0.1) is 0 Å². The highest BCUT2D eigenvalue weighted by molar-refractivity contribution is 5.64. The Kier molecular flexibility index (Phi) is 9.89. The van der Waals surface area contributed by atoms with Crippen LogP contribution in [-0.4, -0.2) is 55.1 Å². The maximum absolute atomic E-state index is 6.25. The molecule has 1 saturated heterocycles. The van der Waals surface area contributed by atoms with E-state index in [1.807, 2.05) is 6.07 Å². The fourth-order valence-corrected chi connectivity index (χ4v) is 4.54. The van der Waals surface area contributed by atoms with E-state index in [4.69, 9.17) is 14.6 Å². The van der Waals surface area contributed by atoms with E-state index in [-0.39, 0.29) is 6.04 Å². The van der Waals surface area contributed by atoms with Crippen LogP contribution in [0.4, 0.5) is 0 Å². The van der Waals surface area contributed by atoms with E-state index in [0.29, 0.717) is 25.9 Å². The molecule has 0 spiro atoms. The van der Waals surface area contributed by atoms with Crippen LogP contribution in [0, 0.1) is 0 Å². The molecule has 1 heterocycles. The number of ether oxygens (including phenoxy) is 2. The molecule has 1 aliphatic rings. The van der Waals surface area contributed by atoms with Gasteiger partial charge in [0.15, 0.2) is 0 Å². The molecule has 0 radical (unpaired) electrons. The van der Waals surface area contributed by atoms with Crippen molar-refractivity contribution >= 4 is 6.21 Å².